The van der Waals surface area contributed by atoms with Crippen LogP contribution >= 0.6 is 0 Å². The average Bonchev–Trinajstić information content (AvgIpc) is 3.00. The highest BCUT2D eigenvalue weighted by Crippen LogP contribution is 2.43. The quantitative estimate of drug-likeness (QED) is 0.679. The third-order valence-electron chi connectivity index (χ3n) is 4.34. The minimum absolute atomic E-state index is 0.288. The predicted octanol–water partition coefficient (Wildman–Crippen LogP) is 4.19. The van der Waals surface area contributed by atoms with E-state index in [9.17, 15) is 4.79 Å². The van der Waals surface area contributed by atoms with E-state index < -0.39 is 0 Å². The Kier molecular flexibility index (Phi) is 3.38. The van der Waals surface area contributed by atoms with Gasteiger partial charge in [-0.25, -0.2) is 4.79 Å². The van der Waals surface area contributed by atoms with E-state index in [4.69, 9.17) is 14.2 Å². The Balaban J connectivity index is 2.18. The first kappa shape index (κ1) is 14.6. The highest BCUT2D eigenvalue weighted by atomic mass is 16.5. The topological polar surface area (TPSA) is 44.8 Å². The Morgan fingerprint density at radius 1 is 0.958 bits per heavy atom. The molecule has 0 unspecified atom stereocenters. The van der Waals surface area contributed by atoms with Gasteiger partial charge in [-0.3, -0.25) is 0 Å². The van der Waals surface area contributed by atoms with E-state index >= 15 is 0 Å². The molecule has 0 amide bonds. The normalized spacial score (nSPS) is 12.8. The summed E-state index contributed by atoms with van der Waals surface area (Å²) in [4.78, 5) is 12.3. The van der Waals surface area contributed by atoms with E-state index in [-0.39, 0.29) is 5.97 Å². The van der Waals surface area contributed by atoms with E-state index in [1.165, 1.54) is 0 Å². The second-order valence-electron chi connectivity index (χ2n) is 5.66. The number of benzene rings is 3. The van der Waals surface area contributed by atoms with Crippen molar-refractivity contribution >= 4 is 16.7 Å². The summed E-state index contributed by atoms with van der Waals surface area (Å²) in [5, 5.41) is 1.85. The van der Waals surface area contributed by atoms with Gasteiger partial charge in [0.1, 0.15) is 18.1 Å². The van der Waals surface area contributed by atoms with Gasteiger partial charge in [-0.15, -0.1) is 0 Å². The van der Waals surface area contributed by atoms with Gasteiger partial charge in [-0.05, 0) is 23.1 Å². The average molecular weight is 320 g/mol. The molecular formula is C20H16O4. The molecule has 0 radical (unpaired) electrons. The molecule has 4 rings (SSSR count). The summed E-state index contributed by atoms with van der Waals surface area (Å²) in [7, 11) is 3.24. The minimum Gasteiger partial charge on any atom is -0.497 e. The standard InChI is InChI=1S/C20H16O4/c1-22-15-9-13-8-14-11-24-20(21)19(14)18(12-6-4-3-5-7-12)17(13)16(10-15)23-2/h3-10H,11H2,1-2H3. The molecule has 4 heteroatoms. The molecule has 0 saturated heterocycles. The van der Waals surface area contributed by atoms with Crippen molar-refractivity contribution in [1.82, 2.24) is 0 Å². The lowest BCUT2D eigenvalue weighted by Gasteiger charge is -2.15. The molecule has 0 aromatic heterocycles. The summed E-state index contributed by atoms with van der Waals surface area (Å²) >= 11 is 0. The first-order valence-electron chi connectivity index (χ1n) is 7.67. The summed E-state index contributed by atoms with van der Waals surface area (Å²) in [5.41, 5.74) is 3.32. The molecule has 3 aromatic rings. The Morgan fingerprint density at radius 3 is 2.46 bits per heavy atom. The highest BCUT2D eigenvalue weighted by molar-refractivity contribution is 6.12. The maximum absolute atomic E-state index is 12.3. The molecule has 0 atom stereocenters. The summed E-state index contributed by atoms with van der Waals surface area (Å²) in [6, 6.07) is 15.6. The Bertz CT molecular complexity index is 945. The van der Waals surface area contributed by atoms with Crippen molar-refractivity contribution in [2.45, 2.75) is 6.61 Å². The second-order valence-corrected chi connectivity index (χ2v) is 5.66. The van der Waals surface area contributed by atoms with Crippen LogP contribution in [0.4, 0.5) is 0 Å². The summed E-state index contributed by atoms with van der Waals surface area (Å²) in [6.07, 6.45) is 0. The van der Waals surface area contributed by atoms with E-state index in [1.807, 2.05) is 48.5 Å². The van der Waals surface area contributed by atoms with Crippen LogP contribution in [0.2, 0.25) is 0 Å². The number of rotatable bonds is 3. The van der Waals surface area contributed by atoms with Crippen molar-refractivity contribution in [3.63, 3.8) is 0 Å². The zero-order valence-electron chi connectivity index (χ0n) is 13.5. The minimum atomic E-state index is -0.288. The van der Waals surface area contributed by atoms with Gasteiger partial charge in [0.15, 0.2) is 0 Å². The van der Waals surface area contributed by atoms with Crippen molar-refractivity contribution in [3.05, 3.63) is 59.7 Å². The van der Waals surface area contributed by atoms with Crippen molar-refractivity contribution in [2.24, 2.45) is 0 Å². The molecule has 0 spiro atoms. The van der Waals surface area contributed by atoms with Crippen LogP contribution in [-0.4, -0.2) is 20.2 Å². The molecular weight excluding hydrogens is 304 g/mol. The van der Waals surface area contributed by atoms with Crippen LogP contribution in [0.3, 0.4) is 0 Å². The van der Waals surface area contributed by atoms with Gasteiger partial charge in [0.05, 0.1) is 19.8 Å². The lowest BCUT2D eigenvalue weighted by Crippen LogP contribution is -2.00. The van der Waals surface area contributed by atoms with Gasteiger partial charge in [-0.1, -0.05) is 30.3 Å². The number of hydrogen-bond donors (Lipinski definition) is 0. The Hall–Kier alpha value is -3.01. The Labute approximate surface area is 139 Å². The van der Waals surface area contributed by atoms with E-state index in [0.29, 0.717) is 23.7 Å². The monoisotopic (exact) mass is 320 g/mol. The predicted molar refractivity (Wildman–Crippen MR) is 91.6 cm³/mol. The maximum Gasteiger partial charge on any atom is 0.339 e. The van der Waals surface area contributed by atoms with E-state index in [2.05, 4.69) is 0 Å². The number of methoxy groups -OCH3 is 2. The fourth-order valence-corrected chi connectivity index (χ4v) is 3.27. The molecule has 24 heavy (non-hydrogen) atoms. The summed E-state index contributed by atoms with van der Waals surface area (Å²) in [6.45, 7) is 0.295. The molecule has 0 saturated carbocycles. The van der Waals surface area contributed by atoms with Crippen molar-refractivity contribution in [2.75, 3.05) is 14.2 Å². The van der Waals surface area contributed by atoms with Crippen LogP contribution in [0.1, 0.15) is 15.9 Å². The van der Waals surface area contributed by atoms with E-state index in [0.717, 1.165) is 27.5 Å². The second kappa shape index (κ2) is 5.57. The molecule has 3 aromatic carbocycles. The number of cyclic esters (lactones) is 1. The largest absolute Gasteiger partial charge is 0.497 e. The molecule has 1 aliphatic heterocycles. The highest BCUT2D eigenvalue weighted by Gasteiger charge is 2.29. The lowest BCUT2D eigenvalue weighted by atomic mass is 9.90. The van der Waals surface area contributed by atoms with Gasteiger partial charge in [-0.2, -0.15) is 0 Å². The number of ether oxygens (including phenoxy) is 3. The number of carbonyl (C=O) groups excluding carboxylic acids is 1. The molecule has 1 aliphatic rings. The molecule has 0 aliphatic carbocycles. The van der Waals surface area contributed by atoms with Crippen LogP contribution < -0.4 is 9.47 Å². The first-order valence-corrected chi connectivity index (χ1v) is 7.67. The molecule has 0 fully saturated rings. The zero-order chi connectivity index (χ0) is 16.7. The number of esters is 1. The van der Waals surface area contributed by atoms with Gasteiger partial charge in [0, 0.05) is 22.6 Å². The zero-order valence-corrected chi connectivity index (χ0v) is 13.5. The number of carbonyl (C=O) groups is 1. The van der Waals surface area contributed by atoms with Gasteiger partial charge >= 0.3 is 5.97 Å². The van der Waals surface area contributed by atoms with Crippen LogP contribution in [0.25, 0.3) is 21.9 Å². The summed E-state index contributed by atoms with van der Waals surface area (Å²) in [5.74, 6) is 1.10. The molecule has 4 nitrogen and oxygen atoms in total. The van der Waals surface area contributed by atoms with Crippen LogP contribution in [-0.2, 0) is 11.3 Å². The number of hydrogen-bond acceptors (Lipinski definition) is 4. The van der Waals surface area contributed by atoms with E-state index in [1.54, 1.807) is 14.2 Å². The van der Waals surface area contributed by atoms with Crippen molar-refractivity contribution in [1.29, 1.82) is 0 Å². The van der Waals surface area contributed by atoms with Gasteiger partial charge in [0.25, 0.3) is 0 Å². The molecule has 120 valence electrons. The SMILES string of the molecule is COc1cc(OC)c2c(-c3ccccc3)c3c(cc2c1)COC3=O. The summed E-state index contributed by atoms with van der Waals surface area (Å²) < 4.78 is 16.2. The molecule has 0 bridgehead atoms. The smallest absolute Gasteiger partial charge is 0.339 e. The van der Waals surface area contributed by atoms with Crippen LogP contribution in [0.15, 0.2) is 48.5 Å². The maximum atomic E-state index is 12.3. The van der Waals surface area contributed by atoms with Crippen LogP contribution in [0.5, 0.6) is 11.5 Å². The third-order valence-corrected chi connectivity index (χ3v) is 4.34. The molecule has 1 heterocycles. The lowest BCUT2D eigenvalue weighted by molar-refractivity contribution is 0.0535. The fraction of sp³-hybridized carbons (Fsp3) is 0.150. The Morgan fingerprint density at radius 2 is 1.75 bits per heavy atom. The van der Waals surface area contributed by atoms with Crippen LogP contribution in [0, 0.1) is 0 Å². The van der Waals surface area contributed by atoms with Gasteiger partial charge in [0.2, 0.25) is 0 Å². The fourth-order valence-electron chi connectivity index (χ4n) is 3.27. The first-order chi connectivity index (χ1) is 11.7. The number of fused-ring (bicyclic) bond motifs is 2. The van der Waals surface area contributed by atoms with Crippen molar-refractivity contribution in [3.8, 4) is 22.6 Å². The van der Waals surface area contributed by atoms with Gasteiger partial charge < -0.3 is 14.2 Å². The third kappa shape index (κ3) is 2.11. The van der Waals surface area contributed by atoms with Crippen molar-refractivity contribution < 1.29 is 19.0 Å². The molecule has 0 N–H and O–H groups in total.